The number of aliphatic hydroxyl groups excluding tert-OH is 1. The number of aliphatic hydroxyl groups is 1. The molecule has 2 atom stereocenters. The quantitative estimate of drug-likeness (QED) is 0.254. The first-order valence-corrected chi connectivity index (χ1v) is 13.1. The molecule has 3 rings (SSSR count). The highest BCUT2D eigenvalue weighted by Gasteiger charge is 2.24. The fraction of sp³-hybridized carbons (Fsp3) is 0.273. The monoisotopic (exact) mass is 584 g/mol. The van der Waals surface area contributed by atoms with Gasteiger partial charge in [0, 0.05) is 16.7 Å². The lowest BCUT2D eigenvalue weighted by atomic mass is 10.0. The first kappa shape index (κ1) is 25.1. The third kappa shape index (κ3) is 8.42. The summed E-state index contributed by atoms with van der Waals surface area (Å²) >= 11 is 2.24. The molecule has 2 aromatic carbocycles. The molecule has 0 unspecified atom stereocenters. The highest BCUT2D eigenvalue weighted by Crippen LogP contribution is 2.12. The zero-order chi connectivity index (χ0) is 23.8. The second-order valence-corrected chi connectivity index (χ2v) is 10.5. The number of benzene rings is 2. The SMILES string of the molecule is CS(=O)(=O)Nc1nc(C(=O)N[C@@H](Cc2ccccc2)[C@@H](O)CNCc2cccc(I)c2)co1. The summed E-state index contributed by atoms with van der Waals surface area (Å²) < 4.78 is 30.8. The van der Waals surface area contributed by atoms with Crippen LogP contribution in [0.15, 0.2) is 65.3 Å². The molecule has 1 aromatic heterocycles. The van der Waals surface area contributed by atoms with E-state index < -0.39 is 28.1 Å². The van der Waals surface area contributed by atoms with E-state index in [-0.39, 0.29) is 18.3 Å². The maximum atomic E-state index is 12.7. The van der Waals surface area contributed by atoms with Crippen molar-refractivity contribution in [3.8, 4) is 0 Å². The van der Waals surface area contributed by atoms with Gasteiger partial charge in [-0.05, 0) is 52.3 Å². The van der Waals surface area contributed by atoms with Crippen molar-refractivity contribution in [3.05, 3.63) is 81.3 Å². The number of sulfonamides is 1. The van der Waals surface area contributed by atoms with Crippen LogP contribution in [0.1, 0.15) is 21.6 Å². The fourth-order valence-corrected chi connectivity index (χ4v) is 4.15. The molecule has 176 valence electrons. The summed E-state index contributed by atoms with van der Waals surface area (Å²) in [5, 5.41) is 16.9. The Hall–Kier alpha value is -2.48. The van der Waals surface area contributed by atoms with Crippen LogP contribution in [0, 0.1) is 3.57 Å². The van der Waals surface area contributed by atoms with E-state index in [0.29, 0.717) is 13.0 Å². The number of aromatic nitrogens is 1. The van der Waals surface area contributed by atoms with E-state index in [1.165, 1.54) is 0 Å². The molecule has 3 aromatic rings. The standard InChI is InChI=1S/C22H25IN4O5S/c1-33(30,31)27-22-26-19(14-32-22)21(29)25-18(11-15-6-3-2-4-7-15)20(28)13-24-12-16-8-5-9-17(23)10-16/h2-10,14,18,20,24,28H,11-13H2,1H3,(H,25,29)(H,26,27)/t18-,20-/m0/s1. The van der Waals surface area contributed by atoms with Crippen molar-refractivity contribution in [2.24, 2.45) is 0 Å². The summed E-state index contributed by atoms with van der Waals surface area (Å²) in [4.78, 5) is 16.6. The second-order valence-electron chi connectivity index (χ2n) is 7.51. The summed E-state index contributed by atoms with van der Waals surface area (Å²) in [5.41, 5.74) is 1.93. The number of amides is 1. The topological polar surface area (TPSA) is 134 Å². The Morgan fingerprint density at radius 3 is 2.58 bits per heavy atom. The molecular formula is C22H25IN4O5S. The summed E-state index contributed by atoms with van der Waals surface area (Å²) in [6.45, 7) is 0.826. The van der Waals surface area contributed by atoms with E-state index in [1.807, 2.05) is 48.5 Å². The number of hydrogen-bond donors (Lipinski definition) is 4. The van der Waals surface area contributed by atoms with Crippen molar-refractivity contribution in [2.45, 2.75) is 25.1 Å². The molecule has 0 bridgehead atoms. The third-order valence-corrected chi connectivity index (χ3v) is 5.88. The van der Waals surface area contributed by atoms with Crippen LogP contribution in [-0.2, 0) is 23.0 Å². The van der Waals surface area contributed by atoms with Crippen molar-refractivity contribution < 1.29 is 22.7 Å². The van der Waals surface area contributed by atoms with Gasteiger partial charge in [0.05, 0.1) is 18.4 Å². The molecule has 0 aliphatic heterocycles. The average Bonchev–Trinajstić information content (AvgIpc) is 3.21. The van der Waals surface area contributed by atoms with Gasteiger partial charge >= 0.3 is 6.01 Å². The molecule has 11 heteroatoms. The number of carbonyl (C=O) groups is 1. The van der Waals surface area contributed by atoms with Crippen molar-refractivity contribution in [1.29, 1.82) is 0 Å². The number of carbonyl (C=O) groups excluding carboxylic acids is 1. The van der Waals surface area contributed by atoms with Crippen LogP contribution in [0.3, 0.4) is 0 Å². The summed E-state index contributed by atoms with van der Waals surface area (Å²) in [5.74, 6) is -0.585. The molecule has 1 amide bonds. The molecule has 9 nitrogen and oxygen atoms in total. The molecule has 0 radical (unpaired) electrons. The van der Waals surface area contributed by atoms with Gasteiger partial charge in [-0.3, -0.25) is 4.79 Å². The zero-order valence-corrected chi connectivity index (χ0v) is 20.8. The zero-order valence-electron chi connectivity index (χ0n) is 17.9. The molecule has 1 heterocycles. The number of oxazole rings is 1. The van der Waals surface area contributed by atoms with Crippen LogP contribution in [0.5, 0.6) is 0 Å². The minimum atomic E-state index is -3.59. The van der Waals surface area contributed by atoms with Gasteiger partial charge in [-0.1, -0.05) is 42.5 Å². The van der Waals surface area contributed by atoms with Crippen LogP contribution in [0.2, 0.25) is 0 Å². The third-order valence-electron chi connectivity index (χ3n) is 4.66. The fourth-order valence-electron chi connectivity index (χ4n) is 3.13. The van der Waals surface area contributed by atoms with Gasteiger partial charge in [-0.2, -0.15) is 4.98 Å². The Morgan fingerprint density at radius 1 is 1.15 bits per heavy atom. The van der Waals surface area contributed by atoms with Gasteiger partial charge < -0.3 is 20.2 Å². The predicted molar refractivity (Wildman–Crippen MR) is 133 cm³/mol. The lowest BCUT2D eigenvalue weighted by Crippen LogP contribution is -2.48. The van der Waals surface area contributed by atoms with Crippen molar-refractivity contribution in [2.75, 3.05) is 17.5 Å². The van der Waals surface area contributed by atoms with E-state index in [9.17, 15) is 18.3 Å². The van der Waals surface area contributed by atoms with Crippen LogP contribution >= 0.6 is 22.6 Å². The Balaban J connectivity index is 1.66. The number of halogens is 1. The van der Waals surface area contributed by atoms with Crippen LogP contribution in [-0.4, -0.2) is 49.4 Å². The molecule has 0 aliphatic carbocycles. The highest BCUT2D eigenvalue weighted by atomic mass is 127. The van der Waals surface area contributed by atoms with E-state index in [1.54, 1.807) is 0 Å². The smallest absolute Gasteiger partial charge is 0.309 e. The normalized spacial score (nSPS) is 13.3. The van der Waals surface area contributed by atoms with E-state index in [4.69, 9.17) is 4.42 Å². The van der Waals surface area contributed by atoms with Gasteiger partial charge in [0.15, 0.2) is 5.69 Å². The minimum absolute atomic E-state index is 0.0989. The maximum Gasteiger partial charge on any atom is 0.309 e. The number of rotatable bonds is 11. The van der Waals surface area contributed by atoms with Gasteiger partial charge in [0.25, 0.3) is 5.91 Å². The molecule has 0 saturated heterocycles. The molecule has 0 spiro atoms. The first-order chi connectivity index (χ1) is 15.7. The number of nitrogens with zero attached hydrogens (tertiary/aromatic N) is 1. The van der Waals surface area contributed by atoms with Crippen molar-refractivity contribution >= 4 is 44.5 Å². The number of nitrogens with one attached hydrogen (secondary N) is 3. The van der Waals surface area contributed by atoms with Gasteiger partial charge in [-0.25, -0.2) is 13.1 Å². The number of anilines is 1. The lowest BCUT2D eigenvalue weighted by molar-refractivity contribution is 0.0825. The van der Waals surface area contributed by atoms with Crippen molar-refractivity contribution in [3.63, 3.8) is 0 Å². The van der Waals surface area contributed by atoms with Crippen molar-refractivity contribution in [1.82, 2.24) is 15.6 Å². The van der Waals surface area contributed by atoms with Gasteiger partial charge in [-0.15, -0.1) is 0 Å². The first-order valence-electron chi connectivity index (χ1n) is 10.1. The molecule has 4 N–H and O–H groups in total. The molecule has 0 saturated carbocycles. The Morgan fingerprint density at radius 2 is 1.88 bits per heavy atom. The Kier molecular flexibility index (Phi) is 8.83. The summed E-state index contributed by atoms with van der Waals surface area (Å²) in [6, 6.07) is 16.6. The second kappa shape index (κ2) is 11.6. The highest BCUT2D eigenvalue weighted by molar-refractivity contribution is 14.1. The summed E-state index contributed by atoms with van der Waals surface area (Å²) in [6.07, 6.45) is 1.51. The predicted octanol–water partition coefficient (Wildman–Crippen LogP) is 2.14. The molecule has 0 aliphatic rings. The molecular weight excluding hydrogens is 559 g/mol. The van der Waals surface area contributed by atoms with E-state index in [0.717, 1.165) is 27.2 Å². The number of hydrogen-bond acceptors (Lipinski definition) is 7. The van der Waals surface area contributed by atoms with Crippen LogP contribution in [0.4, 0.5) is 6.01 Å². The minimum Gasteiger partial charge on any atom is -0.431 e. The Bertz CT molecular complexity index is 1170. The molecule has 0 fully saturated rings. The van der Waals surface area contributed by atoms with Crippen LogP contribution in [0.25, 0.3) is 0 Å². The largest absolute Gasteiger partial charge is 0.431 e. The van der Waals surface area contributed by atoms with Gasteiger partial charge in [0.1, 0.15) is 6.26 Å². The average molecular weight is 584 g/mol. The lowest BCUT2D eigenvalue weighted by Gasteiger charge is -2.24. The Labute approximate surface area is 206 Å². The van der Waals surface area contributed by atoms with E-state index in [2.05, 4.69) is 49.0 Å². The summed E-state index contributed by atoms with van der Waals surface area (Å²) in [7, 11) is -3.59. The van der Waals surface area contributed by atoms with E-state index >= 15 is 0 Å². The van der Waals surface area contributed by atoms with Gasteiger partial charge in [0.2, 0.25) is 10.0 Å². The molecule has 33 heavy (non-hydrogen) atoms. The maximum absolute atomic E-state index is 12.7. The van der Waals surface area contributed by atoms with Crippen LogP contribution < -0.4 is 15.4 Å².